The van der Waals surface area contributed by atoms with E-state index in [0.717, 1.165) is 22.2 Å². The largest absolute Gasteiger partial charge is 0.436 e. The Morgan fingerprint density at radius 1 is 1.05 bits per heavy atom. The molecule has 0 unspecified atom stereocenters. The first-order valence-electron chi connectivity index (χ1n) is 7.08. The van der Waals surface area contributed by atoms with Gasteiger partial charge < -0.3 is 9.52 Å². The Balaban J connectivity index is 2.00. The average molecular weight is 281 g/mol. The summed E-state index contributed by atoms with van der Waals surface area (Å²) >= 11 is 0. The van der Waals surface area contributed by atoms with Crippen LogP contribution in [-0.2, 0) is 12.0 Å². The molecule has 3 nitrogen and oxygen atoms in total. The summed E-state index contributed by atoms with van der Waals surface area (Å²) in [7, 11) is 0. The second kappa shape index (κ2) is 5.01. The van der Waals surface area contributed by atoms with Gasteiger partial charge in [0.05, 0.1) is 6.61 Å². The molecule has 3 rings (SSSR count). The van der Waals surface area contributed by atoms with Crippen molar-refractivity contribution in [2.75, 3.05) is 0 Å². The fraction of sp³-hybridized carbons (Fsp3) is 0.278. The lowest BCUT2D eigenvalue weighted by Crippen LogP contribution is -2.10. The SMILES string of the molecule is CC(C)(C)c1ccc(-c2nc3cc(CO)ccc3o2)cc1. The molecular formula is C18H19NO2. The van der Waals surface area contributed by atoms with Crippen LogP contribution in [0.2, 0.25) is 0 Å². The van der Waals surface area contributed by atoms with E-state index in [4.69, 9.17) is 9.52 Å². The number of hydrogen-bond acceptors (Lipinski definition) is 3. The maximum atomic E-state index is 9.17. The van der Waals surface area contributed by atoms with Crippen molar-refractivity contribution in [3.05, 3.63) is 53.6 Å². The van der Waals surface area contributed by atoms with Gasteiger partial charge in [-0.2, -0.15) is 0 Å². The van der Waals surface area contributed by atoms with Gasteiger partial charge in [0.25, 0.3) is 0 Å². The Kier molecular flexibility index (Phi) is 3.30. The van der Waals surface area contributed by atoms with Gasteiger partial charge in [0.2, 0.25) is 5.89 Å². The van der Waals surface area contributed by atoms with Gasteiger partial charge >= 0.3 is 0 Å². The molecule has 0 aliphatic carbocycles. The zero-order valence-electron chi connectivity index (χ0n) is 12.6. The van der Waals surface area contributed by atoms with Crippen molar-refractivity contribution >= 4 is 11.1 Å². The molecule has 1 aromatic heterocycles. The van der Waals surface area contributed by atoms with E-state index >= 15 is 0 Å². The van der Waals surface area contributed by atoms with Gasteiger partial charge in [0, 0.05) is 5.56 Å². The van der Waals surface area contributed by atoms with Crippen molar-refractivity contribution < 1.29 is 9.52 Å². The molecule has 1 heterocycles. The highest BCUT2D eigenvalue weighted by Crippen LogP contribution is 2.28. The number of rotatable bonds is 2. The zero-order valence-corrected chi connectivity index (χ0v) is 12.6. The van der Waals surface area contributed by atoms with Crippen molar-refractivity contribution in [1.82, 2.24) is 4.98 Å². The molecule has 0 fully saturated rings. The second-order valence-electron chi connectivity index (χ2n) is 6.31. The molecule has 21 heavy (non-hydrogen) atoms. The number of nitrogens with zero attached hydrogens (tertiary/aromatic N) is 1. The fourth-order valence-corrected chi connectivity index (χ4v) is 2.31. The van der Waals surface area contributed by atoms with Gasteiger partial charge in [0.15, 0.2) is 5.58 Å². The minimum Gasteiger partial charge on any atom is -0.436 e. The van der Waals surface area contributed by atoms with Crippen LogP contribution < -0.4 is 0 Å². The molecule has 3 heteroatoms. The first-order chi connectivity index (χ1) is 9.97. The predicted molar refractivity (Wildman–Crippen MR) is 84.1 cm³/mol. The van der Waals surface area contributed by atoms with Crippen LogP contribution in [0, 0.1) is 0 Å². The third-order valence-electron chi connectivity index (χ3n) is 3.63. The highest BCUT2D eigenvalue weighted by molar-refractivity contribution is 5.76. The van der Waals surface area contributed by atoms with Crippen LogP contribution in [0.5, 0.6) is 0 Å². The first-order valence-corrected chi connectivity index (χ1v) is 7.08. The van der Waals surface area contributed by atoms with Crippen LogP contribution in [0.1, 0.15) is 31.9 Å². The number of aromatic nitrogens is 1. The van der Waals surface area contributed by atoms with Gasteiger partial charge in [0.1, 0.15) is 5.52 Å². The van der Waals surface area contributed by atoms with Crippen molar-refractivity contribution in [3.63, 3.8) is 0 Å². The lowest BCUT2D eigenvalue weighted by atomic mass is 9.87. The molecule has 0 saturated heterocycles. The highest BCUT2D eigenvalue weighted by Gasteiger charge is 2.14. The Hall–Kier alpha value is -2.13. The van der Waals surface area contributed by atoms with E-state index in [1.54, 1.807) is 0 Å². The van der Waals surface area contributed by atoms with Crippen LogP contribution in [0.25, 0.3) is 22.6 Å². The Bertz CT molecular complexity index is 764. The number of aliphatic hydroxyl groups is 1. The van der Waals surface area contributed by atoms with Crippen molar-refractivity contribution in [2.24, 2.45) is 0 Å². The van der Waals surface area contributed by atoms with E-state index in [1.807, 2.05) is 30.3 Å². The van der Waals surface area contributed by atoms with Crippen LogP contribution in [0.3, 0.4) is 0 Å². The van der Waals surface area contributed by atoms with E-state index in [0.29, 0.717) is 5.89 Å². The Morgan fingerprint density at radius 3 is 2.38 bits per heavy atom. The minimum absolute atomic E-state index is 0.0123. The number of hydrogen-bond donors (Lipinski definition) is 1. The van der Waals surface area contributed by atoms with E-state index < -0.39 is 0 Å². The normalized spacial score (nSPS) is 12.0. The molecule has 0 aliphatic rings. The number of oxazole rings is 1. The summed E-state index contributed by atoms with van der Waals surface area (Å²) in [4.78, 5) is 4.51. The average Bonchev–Trinajstić information content (AvgIpc) is 2.89. The summed E-state index contributed by atoms with van der Waals surface area (Å²) in [6.07, 6.45) is 0. The zero-order chi connectivity index (χ0) is 15.0. The molecule has 0 aliphatic heterocycles. The first kappa shape index (κ1) is 13.8. The number of benzene rings is 2. The Labute approximate surface area is 124 Å². The molecule has 1 N–H and O–H groups in total. The molecule has 0 saturated carbocycles. The monoisotopic (exact) mass is 281 g/mol. The maximum Gasteiger partial charge on any atom is 0.227 e. The van der Waals surface area contributed by atoms with E-state index in [1.165, 1.54) is 5.56 Å². The molecule has 2 aromatic carbocycles. The quantitative estimate of drug-likeness (QED) is 0.762. The predicted octanol–water partition coefficient (Wildman–Crippen LogP) is 4.28. The smallest absolute Gasteiger partial charge is 0.227 e. The summed E-state index contributed by atoms with van der Waals surface area (Å²) < 4.78 is 5.79. The van der Waals surface area contributed by atoms with E-state index in [9.17, 15) is 0 Å². The second-order valence-corrected chi connectivity index (χ2v) is 6.31. The summed E-state index contributed by atoms with van der Waals surface area (Å²) in [5, 5.41) is 9.17. The molecule has 108 valence electrons. The fourth-order valence-electron chi connectivity index (χ4n) is 2.31. The molecule has 0 atom stereocenters. The molecule has 3 aromatic rings. The molecule has 0 radical (unpaired) electrons. The molecular weight excluding hydrogens is 262 g/mol. The minimum atomic E-state index is 0.0123. The third-order valence-corrected chi connectivity index (χ3v) is 3.63. The Morgan fingerprint density at radius 2 is 1.76 bits per heavy atom. The van der Waals surface area contributed by atoms with Crippen molar-refractivity contribution in [1.29, 1.82) is 0 Å². The van der Waals surface area contributed by atoms with Crippen LogP contribution in [-0.4, -0.2) is 10.1 Å². The number of aliphatic hydroxyl groups excluding tert-OH is 1. The van der Waals surface area contributed by atoms with Crippen LogP contribution in [0.15, 0.2) is 46.9 Å². The topological polar surface area (TPSA) is 46.3 Å². The van der Waals surface area contributed by atoms with Gasteiger partial charge in [-0.25, -0.2) is 4.98 Å². The van der Waals surface area contributed by atoms with E-state index in [2.05, 4.69) is 37.9 Å². The van der Waals surface area contributed by atoms with Gasteiger partial charge in [-0.05, 0) is 40.8 Å². The lowest BCUT2D eigenvalue weighted by Gasteiger charge is -2.18. The summed E-state index contributed by atoms with van der Waals surface area (Å²) in [6.45, 7) is 6.59. The van der Waals surface area contributed by atoms with Crippen LogP contribution >= 0.6 is 0 Å². The van der Waals surface area contributed by atoms with Crippen LogP contribution in [0.4, 0.5) is 0 Å². The van der Waals surface area contributed by atoms with Gasteiger partial charge in [-0.15, -0.1) is 0 Å². The van der Waals surface area contributed by atoms with Gasteiger partial charge in [-0.3, -0.25) is 0 Å². The summed E-state index contributed by atoms with van der Waals surface area (Å²) in [6, 6.07) is 13.9. The van der Waals surface area contributed by atoms with Gasteiger partial charge in [-0.1, -0.05) is 39.0 Å². The standard InChI is InChI=1S/C18H19NO2/c1-18(2,3)14-7-5-13(6-8-14)17-19-15-10-12(11-20)4-9-16(15)21-17/h4-10,20H,11H2,1-3H3. The van der Waals surface area contributed by atoms with E-state index in [-0.39, 0.29) is 12.0 Å². The van der Waals surface area contributed by atoms with Crippen molar-refractivity contribution in [2.45, 2.75) is 32.8 Å². The number of fused-ring (bicyclic) bond motifs is 1. The summed E-state index contributed by atoms with van der Waals surface area (Å²) in [5.74, 6) is 0.612. The summed E-state index contributed by atoms with van der Waals surface area (Å²) in [5.41, 5.74) is 4.73. The third kappa shape index (κ3) is 2.69. The maximum absolute atomic E-state index is 9.17. The molecule has 0 amide bonds. The molecule has 0 spiro atoms. The molecule has 0 bridgehead atoms. The highest BCUT2D eigenvalue weighted by atomic mass is 16.3. The lowest BCUT2D eigenvalue weighted by molar-refractivity contribution is 0.282. The van der Waals surface area contributed by atoms with Crippen molar-refractivity contribution in [3.8, 4) is 11.5 Å².